The van der Waals surface area contributed by atoms with Gasteiger partial charge in [0.05, 0.1) is 0 Å². The molecular formula is C20H19N3O5. The molecule has 8 nitrogen and oxygen atoms in total. The average molecular weight is 381 g/mol. The second-order valence-electron chi connectivity index (χ2n) is 6.50. The van der Waals surface area contributed by atoms with Gasteiger partial charge in [0.2, 0.25) is 12.0 Å². The van der Waals surface area contributed by atoms with Crippen molar-refractivity contribution in [2.75, 3.05) is 18.1 Å². The van der Waals surface area contributed by atoms with Crippen molar-refractivity contribution in [3.05, 3.63) is 54.1 Å². The smallest absolute Gasteiger partial charge is 0.283 e. The lowest BCUT2D eigenvalue weighted by Gasteiger charge is -2.25. The molecule has 1 saturated heterocycles. The van der Waals surface area contributed by atoms with Gasteiger partial charge in [-0.25, -0.2) is 0 Å². The van der Waals surface area contributed by atoms with Crippen molar-refractivity contribution in [2.45, 2.75) is 18.9 Å². The summed E-state index contributed by atoms with van der Waals surface area (Å²) in [4.78, 5) is 38.0. The number of hydrogen-bond acceptors (Lipinski definition) is 5. The zero-order chi connectivity index (χ0) is 19.5. The van der Waals surface area contributed by atoms with Crippen LogP contribution in [0.25, 0.3) is 0 Å². The second-order valence-corrected chi connectivity index (χ2v) is 6.50. The van der Waals surface area contributed by atoms with Gasteiger partial charge < -0.3 is 14.4 Å². The van der Waals surface area contributed by atoms with E-state index in [4.69, 9.17) is 9.47 Å². The molecule has 3 amide bonds. The predicted octanol–water partition coefficient (Wildman–Crippen LogP) is 1.41. The number of carbonyl (C=O) groups is 3. The van der Waals surface area contributed by atoms with Gasteiger partial charge in [0.15, 0.2) is 11.5 Å². The number of ether oxygens (including phenoxy) is 2. The molecule has 2 aromatic rings. The Kier molecular flexibility index (Phi) is 4.84. The molecule has 1 atom stereocenters. The number of hydrazine groups is 1. The molecule has 0 aromatic heterocycles. The normalized spacial score (nSPS) is 17.9. The lowest BCUT2D eigenvalue weighted by Crippen LogP contribution is -2.50. The highest BCUT2D eigenvalue weighted by Gasteiger charge is 2.27. The Labute approximate surface area is 161 Å². The molecular weight excluding hydrogens is 362 g/mol. The van der Waals surface area contributed by atoms with E-state index in [0.717, 1.165) is 12.1 Å². The molecule has 0 bridgehead atoms. The molecule has 2 aliphatic rings. The Bertz CT molecular complexity index is 912. The van der Waals surface area contributed by atoms with Gasteiger partial charge in [0.1, 0.15) is 6.61 Å². The number of nitrogens with zero attached hydrogens (tertiary/aromatic N) is 1. The Morgan fingerprint density at radius 1 is 1.00 bits per heavy atom. The van der Waals surface area contributed by atoms with E-state index in [-0.39, 0.29) is 12.5 Å². The van der Waals surface area contributed by atoms with E-state index in [0.29, 0.717) is 30.0 Å². The van der Waals surface area contributed by atoms with E-state index in [2.05, 4.69) is 10.9 Å². The first-order valence-corrected chi connectivity index (χ1v) is 9.01. The van der Waals surface area contributed by atoms with Gasteiger partial charge in [-0.3, -0.25) is 25.2 Å². The summed E-state index contributed by atoms with van der Waals surface area (Å²) in [5.41, 5.74) is 5.84. The van der Waals surface area contributed by atoms with E-state index in [1.54, 1.807) is 47.4 Å². The molecule has 0 spiro atoms. The first-order chi connectivity index (χ1) is 13.6. The number of nitrogens with one attached hydrogen (secondary N) is 2. The van der Waals surface area contributed by atoms with Crippen LogP contribution in [0.5, 0.6) is 11.5 Å². The van der Waals surface area contributed by atoms with Crippen LogP contribution in [0.4, 0.5) is 5.69 Å². The second kappa shape index (κ2) is 7.59. The zero-order valence-corrected chi connectivity index (χ0v) is 15.0. The number of hydrogen-bond donors (Lipinski definition) is 2. The highest BCUT2D eigenvalue weighted by Crippen LogP contribution is 2.30. The standard InChI is InChI=1S/C20H19N3O5/c24-18-6-3-11-23(18)14-9-7-13(8-10-14)19(25)21-22-20(26)17-12-27-15-4-1-2-5-16(15)28-17/h1-2,4-5,7-10,17H,3,6,11-12H2,(H,21,25)(H,22,26)/t17-/m0/s1. The van der Waals surface area contributed by atoms with Crippen LogP contribution in [-0.4, -0.2) is 37.0 Å². The van der Waals surface area contributed by atoms with Crippen molar-refractivity contribution in [3.63, 3.8) is 0 Å². The van der Waals surface area contributed by atoms with Crippen molar-refractivity contribution in [1.29, 1.82) is 0 Å². The predicted molar refractivity (Wildman–Crippen MR) is 100.0 cm³/mol. The fraction of sp³-hybridized carbons (Fsp3) is 0.250. The molecule has 0 radical (unpaired) electrons. The summed E-state index contributed by atoms with van der Waals surface area (Å²) in [6.45, 7) is 0.740. The molecule has 4 rings (SSSR count). The van der Waals surface area contributed by atoms with Crippen molar-refractivity contribution in [2.24, 2.45) is 0 Å². The summed E-state index contributed by atoms with van der Waals surface area (Å²) in [6.07, 6.45) is 0.523. The summed E-state index contributed by atoms with van der Waals surface area (Å²) >= 11 is 0. The summed E-state index contributed by atoms with van der Waals surface area (Å²) in [5.74, 6) is 0.159. The molecule has 2 aromatic carbocycles. The molecule has 1 fully saturated rings. The number of carbonyl (C=O) groups excluding carboxylic acids is 3. The molecule has 28 heavy (non-hydrogen) atoms. The Balaban J connectivity index is 1.32. The van der Waals surface area contributed by atoms with Crippen molar-refractivity contribution in [3.8, 4) is 11.5 Å². The van der Waals surface area contributed by atoms with E-state index in [1.807, 2.05) is 6.07 Å². The average Bonchev–Trinajstić information content (AvgIpc) is 3.17. The largest absolute Gasteiger partial charge is 0.485 e. The zero-order valence-electron chi connectivity index (χ0n) is 15.0. The third-order valence-corrected chi connectivity index (χ3v) is 4.61. The van der Waals surface area contributed by atoms with Crippen LogP contribution in [0.2, 0.25) is 0 Å². The highest BCUT2D eigenvalue weighted by molar-refractivity contribution is 5.98. The third-order valence-electron chi connectivity index (χ3n) is 4.61. The van der Waals surface area contributed by atoms with Crippen LogP contribution in [0.15, 0.2) is 48.5 Å². The van der Waals surface area contributed by atoms with Crippen LogP contribution in [0.1, 0.15) is 23.2 Å². The molecule has 2 N–H and O–H groups in total. The number of amides is 3. The van der Waals surface area contributed by atoms with E-state index in [9.17, 15) is 14.4 Å². The maximum absolute atomic E-state index is 12.2. The van der Waals surface area contributed by atoms with E-state index in [1.165, 1.54) is 0 Å². The minimum absolute atomic E-state index is 0.0529. The number of benzene rings is 2. The molecule has 0 unspecified atom stereocenters. The molecule has 0 saturated carbocycles. The van der Waals surface area contributed by atoms with Crippen LogP contribution in [-0.2, 0) is 9.59 Å². The number of para-hydroxylation sites is 2. The minimum Gasteiger partial charge on any atom is -0.485 e. The van der Waals surface area contributed by atoms with Crippen LogP contribution < -0.4 is 25.2 Å². The quantitative estimate of drug-likeness (QED) is 0.784. The third kappa shape index (κ3) is 3.62. The summed E-state index contributed by atoms with van der Waals surface area (Å²) < 4.78 is 11.1. The molecule has 0 aliphatic carbocycles. The van der Waals surface area contributed by atoms with Crippen LogP contribution >= 0.6 is 0 Å². The summed E-state index contributed by atoms with van der Waals surface area (Å²) in [5, 5.41) is 0. The fourth-order valence-corrected chi connectivity index (χ4v) is 3.13. The molecule has 2 heterocycles. The van der Waals surface area contributed by atoms with E-state index < -0.39 is 17.9 Å². The van der Waals surface area contributed by atoms with Crippen molar-refractivity contribution < 1.29 is 23.9 Å². The van der Waals surface area contributed by atoms with Gasteiger partial charge in [0.25, 0.3) is 11.8 Å². The van der Waals surface area contributed by atoms with Gasteiger partial charge >= 0.3 is 0 Å². The van der Waals surface area contributed by atoms with Gasteiger partial charge in [0, 0.05) is 24.2 Å². The van der Waals surface area contributed by atoms with Crippen molar-refractivity contribution >= 4 is 23.4 Å². The molecule has 2 aliphatic heterocycles. The molecule has 144 valence electrons. The minimum atomic E-state index is -0.862. The Morgan fingerprint density at radius 2 is 1.75 bits per heavy atom. The fourth-order valence-electron chi connectivity index (χ4n) is 3.13. The molecule has 8 heteroatoms. The summed E-state index contributed by atoms with van der Waals surface area (Å²) in [6, 6.07) is 13.7. The number of anilines is 1. The van der Waals surface area contributed by atoms with Gasteiger partial charge in [-0.05, 0) is 42.8 Å². The van der Waals surface area contributed by atoms with Gasteiger partial charge in [-0.15, -0.1) is 0 Å². The maximum Gasteiger partial charge on any atom is 0.283 e. The van der Waals surface area contributed by atoms with Gasteiger partial charge in [-0.1, -0.05) is 12.1 Å². The first-order valence-electron chi connectivity index (χ1n) is 9.01. The topological polar surface area (TPSA) is 97.0 Å². The van der Waals surface area contributed by atoms with Crippen LogP contribution in [0.3, 0.4) is 0 Å². The number of fused-ring (bicyclic) bond motifs is 1. The van der Waals surface area contributed by atoms with Gasteiger partial charge in [-0.2, -0.15) is 0 Å². The monoisotopic (exact) mass is 381 g/mol. The number of rotatable bonds is 3. The first kappa shape index (κ1) is 17.8. The lowest BCUT2D eigenvalue weighted by molar-refractivity contribution is -0.131. The Morgan fingerprint density at radius 3 is 2.46 bits per heavy atom. The van der Waals surface area contributed by atoms with E-state index >= 15 is 0 Å². The summed E-state index contributed by atoms with van der Waals surface area (Å²) in [7, 11) is 0. The van der Waals surface area contributed by atoms with Crippen molar-refractivity contribution in [1.82, 2.24) is 10.9 Å². The lowest BCUT2D eigenvalue weighted by atomic mass is 10.2. The highest BCUT2D eigenvalue weighted by atomic mass is 16.6. The Hall–Kier alpha value is -3.55. The SMILES string of the molecule is O=C(NNC(=O)[C@@H]1COc2ccccc2O1)c1ccc(N2CCCC2=O)cc1. The van der Waals surface area contributed by atoms with Crippen LogP contribution in [0, 0.1) is 0 Å². The maximum atomic E-state index is 12.2.